The van der Waals surface area contributed by atoms with Crippen molar-refractivity contribution >= 4 is 29.2 Å². The van der Waals surface area contributed by atoms with Crippen LogP contribution in [0.25, 0.3) is 0 Å². The second-order valence-corrected chi connectivity index (χ2v) is 4.36. The number of hydrogen-bond donors (Lipinski definition) is 2. The molecule has 0 radical (unpaired) electrons. The van der Waals surface area contributed by atoms with E-state index in [0.29, 0.717) is 11.7 Å². The standard InChI is InChI=1S/C12H13ClN4O2/c1-6-7(2)17-19-12(6)16-11(18)10-8(13)4-5-9(14-3)15-10/h4-5H,1-3H3,(H,14,15)(H,16,18). The van der Waals surface area contributed by atoms with E-state index in [1.165, 1.54) is 0 Å². The zero-order chi connectivity index (χ0) is 14.0. The highest BCUT2D eigenvalue weighted by molar-refractivity contribution is 6.34. The molecule has 0 fully saturated rings. The molecule has 19 heavy (non-hydrogen) atoms. The molecule has 0 bridgehead atoms. The third kappa shape index (κ3) is 2.68. The monoisotopic (exact) mass is 280 g/mol. The van der Waals surface area contributed by atoms with Gasteiger partial charge in [-0.1, -0.05) is 16.8 Å². The minimum Gasteiger partial charge on any atom is -0.373 e. The van der Waals surface area contributed by atoms with Gasteiger partial charge in [-0.25, -0.2) is 4.98 Å². The van der Waals surface area contributed by atoms with Crippen LogP contribution in [0.2, 0.25) is 5.02 Å². The minimum atomic E-state index is -0.443. The smallest absolute Gasteiger partial charge is 0.278 e. The molecule has 0 saturated carbocycles. The maximum atomic E-state index is 12.1. The van der Waals surface area contributed by atoms with Crippen LogP contribution in [-0.2, 0) is 0 Å². The summed E-state index contributed by atoms with van der Waals surface area (Å²) in [6, 6.07) is 3.29. The third-order valence-electron chi connectivity index (χ3n) is 2.70. The van der Waals surface area contributed by atoms with Crippen LogP contribution >= 0.6 is 11.6 Å². The summed E-state index contributed by atoms with van der Waals surface area (Å²) in [4.78, 5) is 16.2. The van der Waals surface area contributed by atoms with E-state index >= 15 is 0 Å². The molecule has 0 atom stereocenters. The highest BCUT2D eigenvalue weighted by Crippen LogP contribution is 2.21. The first kappa shape index (κ1) is 13.4. The Balaban J connectivity index is 2.27. The number of carbonyl (C=O) groups excluding carboxylic acids is 1. The van der Waals surface area contributed by atoms with E-state index in [4.69, 9.17) is 16.1 Å². The molecule has 0 aliphatic heterocycles. The van der Waals surface area contributed by atoms with E-state index in [1.807, 2.05) is 0 Å². The van der Waals surface area contributed by atoms with Gasteiger partial charge in [-0.3, -0.25) is 10.1 Å². The van der Waals surface area contributed by atoms with Gasteiger partial charge in [0.15, 0.2) is 0 Å². The van der Waals surface area contributed by atoms with Crippen LogP contribution in [0.4, 0.5) is 11.7 Å². The first-order chi connectivity index (χ1) is 9.02. The van der Waals surface area contributed by atoms with Gasteiger partial charge < -0.3 is 9.84 Å². The van der Waals surface area contributed by atoms with Crippen molar-refractivity contribution in [3.05, 3.63) is 34.1 Å². The molecule has 0 saturated heterocycles. The molecule has 2 aromatic rings. The summed E-state index contributed by atoms with van der Waals surface area (Å²) in [5, 5.41) is 9.47. The Morgan fingerprint density at radius 2 is 2.11 bits per heavy atom. The number of nitrogens with zero attached hydrogens (tertiary/aromatic N) is 2. The van der Waals surface area contributed by atoms with E-state index in [-0.39, 0.29) is 10.7 Å². The zero-order valence-corrected chi connectivity index (χ0v) is 11.5. The zero-order valence-electron chi connectivity index (χ0n) is 10.7. The lowest BCUT2D eigenvalue weighted by molar-refractivity contribution is 0.101. The molecule has 0 aliphatic rings. The van der Waals surface area contributed by atoms with Crippen LogP contribution in [0.5, 0.6) is 0 Å². The van der Waals surface area contributed by atoms with Crippen LogP contribution in [0.1, 0.15) is 21.7 Å². The van der Waals surface area contributed by atoms with E-state index in [9.17, 15) is 4.79 Å². The molecule has 0 aromatic carbocycles. The van der Waals surface area contributed by atoms with Gasteiger partial charge in [0.05, 0.1) is 10.7 Å². The van der Waals surface area contributed by atoms with Crippen LogP contribution < -0.4 is 10.6 Å². The lowest BCUT2D eigenvalue weighted by Gasteiger charge is -2.06. The SMILES string of the molecule is CNc1ccc(Cl)c(C(=O)Nc2onc(C)c2C)n1. The molecular weight excluding hydrogens is 268 g/mol. The highest BCUT2D eigenvalue weighted by atomic mass is 35.5. The molecule has 0 unspecified atom stereocenters. The number of carbonyl (C=O) groups is 1. The second-order valence-electron chi connectivity index (χ2n) is 3.95. The number of amides is 1. The third-order valence-corrected chi connectivity index (χ3v) is 3.01. The number of halogens is 1. The van der Waals surface area contributed by atoms with Gasteiger partial charge in [-0.2, -0.15) is 0 Å². The first-order valence-electron chi connectivity index (χ1n) is 5.61. The van der Waals surface area contributed by atoms with Crippen molar-refractivity contribution in [2.75, 3.05) is 17.7 Å². The number of aromatic nitrogens is 2. The molecule has 1 amide bonds. The Kier molecular flexibility index (Phi) is 3.71. The van der Waals surface area contributed by atoms with Crippen LogP contribution in [0, 0.1) is 13.8 Å². The second kappa shape index (κ2) is 5.27. The minimum absolute atomic E-state index is 0.127. The molecule has 6 nitrogen and oxygen atoms in total. The van der Waals surface area contributed by atoms with Gasteiger partial charge in [0, 0.05) is 12.6 Å². The summed E-state index contributed by atoms with van der Waals surface area (Å²) in [5.74, 6) is 0.414. The average Bonchev–Trinajstić information content (AvgIpc) is 2.71. The molecule has 0 aliphatic carbocycles. The van der Waals surface area contributed by atoms with Crippen LogP contribution in [-0.4, -0.2) is 23.1 Å². The highest BCUT2D eigenvalue weighted by Gasteiger charge is 2.17. The lowest BCUT2D eigenvalue weighted by atomic mass is 10.2. The normalized spacial score (nSPS) is 10.3. The van der Waals surface area contributed by atoms with Crippen molar-refractivity contribution in [2.24, 2.45) is 0 Å². The molecule has 7 heteroatoms. The predicted octanol–water partition coefficient (Wildman–Crippen LogP) is 2.63. The van der Waals surface area contributed by atoms with Crippen molar-refractivity contribution in [3.63, 3.8) is 0 Å². The predicted molar refractivity (Wildman–Crippen MR) is 72.7 cm³/mol. The quantitative estimate of drug-likeness (QED) is 0.903. The summed E-state index contributed by atoms with van der Waals surface area (Å²) in [6.45, 7) is 3.60. The Morgan fingerprint density at radius 3 is 2.68 bits per heavy atom. The number of nitrogens with one attached hydrogen (secondary N) is 2. The number of anilines is 2. The van der Waals surface area contributed by atoms with Gasteiger partial charge in [0.25, 0.3) is 5.91 Å². The summed E-state index contributed by atoms with van der Waals surface area (Å²) >= 11 is 5.96. The summed E-state index contributed by atoms with van der Waals surface area (Å²) in [7, 11) is 1.71. The number of hydrogen-bond acceptors (Lipinski definition) is 5. The van der Waals surface area contributed by atoms with Gasteiger partial charge in [0.2, 0.25) is 5.88 Å². The fourth-order valence-corrected chi connectivity index (χ4v) is 1.63. The van der Waals surface area contributed by atoms with Crippen molar-refractivity contribution in [3.8, 4) is 0 Å². The Labute approximate surface area is 115 Å². The maximum Gasteiger partial charge on any atom is 0.278 e. The van der Waals surface area contributed by atoms with Gasteiger partial charge >= 0.3 is 0 Å². The Hall–Kier alpha value is -2.08. The Bertz CT molecular complexity index is 624. The summed E-state index contributed by atoms with van der Waals surface area (Å²) in [6.07, 6.45) is 0. The number of aryl methyl sites for hydroxylation is 1. The van der Waals surface area contributed by atoms with Crippen LogP contribution in [0.15, 0.2) is 16.7 Å². The van der Waals surface area contributed by atoms with Crippen molar-refractivity contribution in [2.45, 2.75) is 13.8 Å². The average molecular weight is 281 g/mol. The van der Waals surface area contributed by atoms with E-state index in [0.717, 1.165) is 11.3 Å². The van der Waals surface area contributed by atoms with Crippen molar-refractivity contribution in [1.29, 1.82) is 0 Å². The van der Waals surface area contributed by atoms with E-state index < -0.39 is 5.91 Å². The molecule has 0 spiro atoms. The molecular formula is C12H13ClN4O2. The fourth-order valence-electron chi connectivity index (χ4n) is 1.43. The van der Waals surface area contributed by atoms with Crippen molar-refractivity contribution in [1.82, 2.24) is 10.1 Å². The molecule has 2 aromatic heterocycles. The van der Waals surface area contributed by atoms with E-state index in [2.05, 4.69) is 20.8 Å². The summed E-state index contributed by atoms with van der Waals surface area (Å²) < 4.78 is 5.02. The number of pyridine rings is 1. The van der Waals surface area contributed by atoms with Gasteiger partial charge in [0.1, 0.15) is 11.5 Å². The molecule has 2 N–H and O–H groups in total. The maximum absolute atomic E-state index is 12.1. The van der Waals surface area contributed by atoms with E-state index in [1.54, 1.807) is 33.0 Å². The molecule has 2 rings (SSSR count). The van der Waals surface area contributed by atoms with Crippen LogP contribution in [0.3, 0.4) is 0 Å². The topological polar surface area (TPSA) is 80.0 Å². The molecule has 100 valence electrons. The lowest BCUT2D eigenvalue weighted by Crippen LogP contribution is -2.15. The summed E-state index contributed by atoms with van der Waals surface area (Å²) in [5.41, 5.74) is 1.62. The fraction of sp³-hybridized carbons (Fsp3) is 0.250. The Morgan fingerprint density at radius 1 is 1.37 bits per heavy atom. The number of rotatable bonds is 3. The molecule has 2 heterocycles. The largest absolute Gasteiger partial charge is 0.373 e. The van der Waals surface area contributed by atoms with Crippen molar-refractivity contribution < 1.29 is 9.32 Å². The van der Waals surface area contributed by atoms with Gasteiger partial charge in [-0.15, -0.1) is 0 Å². The van der Waals surface area contributed by atoms with Gasteiger partial charge in [-0.05, 0) is 26.0 Å². The first-order valence-corrected chi connectivity index (χ1v) is 5.99.